The topological polar surface area (TPSA) is 73.9 Å². The molecule has 2 aromatic carbocycles. The Bertz CT molecular complexity index is 896. The largest absolute Gasteiger partial charge is 0.486 e. The molecule has 1 aliphatic rings. The van der Waals surface area contributed by atoms with Crippen LogP contribution in [0.15, 0.2) is 30.3 Å². The van der Waals surface area contributed by atoms with Gasteiger partial charge in [-0.25, -0.2) is 4.79 Å². The van der Waals surface area contributed by atoms with Crippen molar-refractivity contribution in [2.24, 2.45) is 0 Å². The van der Waals surface area contributed by atoms with Gasteiger partial charge in [0.15, 0.2) is 17.6 Å². The minimum Gasteiger partial charge on any atom is -0.486 e. The molecule has 0 saturated carbocycles. The lowest BCUT2D eigenvalue weighted by molar-refractivity contribution is -0.123. The summed E-state index contributed by atoms with van der Waals surface area (Å²) in [5, 5.41) is 3.04. The van der Waals surface area contributed by atoms with Gasteiger partial charge in [0.2, 0.25) is 0 Å². The van der Waals surface area contributed by atoms with Crippen molar-refractivity contribution in [2.45, 2.75) is 26.9 Å². The van der Waals surface area contributed by atoms with Crippen molar-refractivity contribution in [1.82, 2.24) is 0 Å². The summed E-state index contributed by atoms with van der Waals surface area (Å²) in [6.45, 7) is 6.10. The van der Waals surface area contributed by atoms with Gasteiger partial charge in [-0.05, 0) is 50.1 Å². The molecule has 6 nitrogen and oxygen atoms in total. The van der Waals surface area contributed by atoms with Crippen LogP contribution in [-0.4, -0.2) is 31.2 Å². The molecule has 7 heteroatoms. The fourth-order valence-electron chi connectivity index (χ4n) is 2.62. The van der Waals surface area contributed by atoms with Crippen molar-refractivity contribution in [3.05, 3.63) is 52.0 Å². The second kappa shape index (κ2) is 7.88. The number of hydrogen-bond acceptors (Lipinski definition) is 5. The van der Waals surface area contributed by atoms with E-state index in [1.54, 1.807) is 0 Å². The first kappa shape index (κ1) is 19.0. The maximum absolute atomic E-state index is 12.4. The van der Waals surface area contributed by atoms with Gasteiger partial charge in [-0.15, -0.1) is 0 Å². The summed E-state index contributed by atoms with van der Waals surface area (Å²) in [5.41, 5.74) is 2.82. The van der Waals surface area contributed by atoms with Crippen LogP contribution < -0.4 is 14.8 Å². The summed E-state index contributed by atoms with van der Waals surface area (Å²) in [7, 11) is 0. The number of rotatable bonds is 4. The highest BCUT2D eigenvalue weighted by Gasteiger charge is 2.23. The molecular weight excluding hydrogens is 370 g/mol. The van der Waals surface area contributed by atoms with Gasteiger partial charge in [0.1, 0.15) is 13.2 Å². The lowest BCUT2D eigenvalue weighted by Crippen LogP contribution is -2.30. The number of benzene rings is 2. The van der Waals surface area contributed by atoms with E-state index >= 15 is 0 Å². The van der Waals surface area contributed by atoms with Crippen molar-refractivity contribution in [3.8, 4) is 11.5 Å². The fraction of sp³-hybridized carbons (Fsp3) is 0.300. The molecule has 27 heavy (non-hydrogen) atoms. The van der Waals surface area contributed by atoms with E-state index in [1.165, 1.54) is 19.1 Å². The molecule has 0 unspecified atom stereocenters. The first-order valence-electron chi connectivity index (χ1n) is 8.53. The quantitative estimate of drug-likeness (QED) is 0.802. The van der Waals surface area contributed by atoms with Crippen LogP contribution in [0.4, 0.5) is 5.69 Å². The van der Waals surface area contributed by atoms with Gasteiger partial charge in [0, 0.05) is 5.69 Å². The van der Waals surface area contributed by atoms with Crippen LogP contribution in [0.2, 0.25) is 5.02 Å². The van der Waals surface area contributed by atoms with Crippen LogP contribution in [0.25, 0.3) is 0 Å². The molecule has 2 aromatic rings. The molecule has 142 valence electrons. The Morgan fingerprint density at radius 1 is 1.15 bits per heavy atom. The number of amides is 1. The third-order valence-electron chi connectivity index (χ3n) is 4.14. The molecule has 0 spiro atoms. The van der Waals surface area contributed by atoms with Gasteiger partial charge in [-0.1, -0.05) is 23.7 Å². The van der Waals surface area contributed by atoms with Crippen molar-refractivity contribution in [1.29, 1.82) is 0 Å². The first-order valence-corrected chi connectivity index (χ1v) is 8.91. The zero-order valence-corrected chi connectivity index (χ0v) is 16.1. The predicted octanol–water partition coefficient (Wildman–Crippen LogP) is 3.91. The number of aryl methyl sites for hydroxylation is 2. The molecule has 1 aliphatic heterocycles. The number of nitrogens with one attached hydrogen (secondary N) is 1. The average molecular weight is 390 g/mol. The fourth-order valence-corrected chi connectivity index (χ4v) is 2.88. The molecule has 1 amide bonds. The van der Waals surface area contributed by atoms with Gasteiger partial charge in [0.05, 0.1) is 10.6 Å². The minimum atomic E-state index is -0.982. The Labute approximate surface area is 162 Å². The van der Waals surface area contributed by atoms with Crippen molar-refractivity contribution in [2.75, 3.05) is 18.5 Å². The van der Waals surface area contributed by atoms with Gasteiger partial charge in [-0.2, -0.15) is 0 Å². The molecule has 0 fully saturated rings. The monoisotopic (exact) mass is 389 g/mol. The number of ether oxygens (including phenoxy) is 3. The van der Waals surface area contributed by atoms with Gasteiger partial charge < -0.3 is 19.5 Å². The Morgan fingerprint density at radius 3 is 2.67 bits per heavy atom. The molecule has 0 radical (unpaired) electrons. The van der Waals surface area contributed by atoms with Crippen LogP contribution in [0, 0.1) is 13.8 Å². The number of fused-ring (bicyclic) bond motifs is 1. The highest BCUT2D eigenvalue weighted by molar-refractivity contribution is 6.32. The number of carbonyl (C=O) groups is 2. The van der Waals surface area contributed by atoms with E-state index in [0.717, 1.165) is 11.1 Å². The van der Waals surface area contributed by atoms with E-state index in [9.17, 15) is 9.59 Å². The van der Waals surface area contributed by atoms with Crippen LogP contribution >= 0.6 is 11.6 Å². The number of hydrogen-bond donors (Lipinski definition) is 1. The zero-order chi connectivity index (χ0) is 19.6. The summed E-state index contributed by atoms with van der Waals surface area (Å²) in [6.07, 6.45) is -0.982. The average Bonchev–Trinajstić information content (AvgIpc) is 2.64. The van der Waals surface area contributed by atoms with E-state index in [0.29, 0.717) is 30.4 Å². The molecule has 1 N–H and O–H groups in total. The van der Waals surface area contributed by atoms with E-state index in [1.807, 2.05) is 32.0 Å². The SMILES string of the molecule is Cc1ccc(C)c(NC(=O)[C@@H](C)OC(=O)c2cc(Cl)c3c(c2)OCCO3)c1. The highest BCUT2D eigenvalue weighted by Crippen LogP contribution is 2.38. The molecule has 3 rings (SSSR count). The maximum atomic E-state index is 12.4. The lowest BCUT2D eigenvalue weighted by atomic mass is 10.1. The van der Waals surface area contributed by atoms with Crippen LogP contribution in [0.5, 0.6) is 11.5 Å². The van der Waals surface area contributed by atoms with Gasteiger partial charge in [0.25, 0.3) is 5.91 Å². The summed E-state index contributed by atoms with van der Waals surface area (Å²) >= 11 is 6.14. The second-order valence-corrected chi connectivity index (χ2v) is 6.74. The van der Waals surface area contributed by atoms with E-state index in [-0.39, 0.29) is 10.6 Å². The summed E-state index contributed by atoms with van der Waals surface area (Å²) in [5.74, 6) is -0.299. The maximum Gasteiger partial charge on any atom is 0.339 e. The number of halogens is 1. The van der Waals surface area contributed by atoms with Crippen LogP contribution in [0.1, 0.15) is 28.4 Å². The summed E-state index contributed by atoms with van der Waals surface area (Å²) in [6, 6.07) is 8.67. The highest BCUT2D eigenvalue weighted by atomic mass is 35.5. The Morgan fingerprint density at radius 2 is 1.89 bits per heavy atom. The van der Waals surface area contributed by atoms with Crippen molar-refractivity contribution in [3.63, 3.8) is 0 Å². The third kappa shape index (κ3) is 4.34. The Balaban J connectivity index is 1.69. The number of anilines is 1. The molecular formula is C20H20ClNO5. The molecule has 0 aromatic heterocycles. The Kier molecular flexibility index (Phi) is 5.56. The number of esters is 1. The standard InChI is InChI=1S/C20H20ClNO5/c1-11-4-5-12(2)16(8-11)22-19(23)13(3)27-20(24)14-9-15(21)18-17(10-14)25-6-7-26-18/h4-5,8-10,13H,6-7H2,1-3H3,(H,22,23)/t13-/m1/s1. The minimum absolute atomic E-state index is 0.190. The smallest absolute Gasteiger partial charge is 0.339 e. The molecule has 0 saturated heterocycles. The van der Waals surface area contributed by atoms with Crippen LogP contribution in [-0.2, 0) is 9.53 Å². The molecule has 0 bridgehead atoms. The van der Waals surface area contributed by atoms with Crippen LogP contribution in [0.3, 0.4) is 0 Å². The van der Waals surface area contributed by atoms with E-state index in [2.05, 4.69) is 5.32 Å². The zero-order valence-electron chi connectivity index (χ0n) is 15.3. The van der Waals surface area contributed by atoms with Gasteiger partial charge >= 0.3 is 5.97 Å². The predicted molar refractivity (Wildman–Crippen MR) is 102 cm³/mol. The third-order valence-corrected chi connectivity index (χ3v) is 4.42. The molecule has 1 atom stereocenters. The molecule has 1 heterocycles. The van der Waals surface area contributed by atoms with Gasteiger partial charge in [-0.3, -0.25) is 4.79 Å². The summed E-state index contributed by atoms with van der Waals surface area (Å²) in [4.78, 5) is 24.8. The Hall–Kier alpha value is -2.73. The summed E-state index contributed by atoms with van der Waals surface area (Å²) < 4.78 is 16.2. The van der Waals surface area contributed by atoms with E-state index < -0.39 is 18.0 Å². The first-order chi connectivity index (χ1) is 12.8. The van der Waals surface area contributed by atoms with Crippen molar-refractivity contribution >= 4 is 29.2 Å². The molecule has 0 aliphatic carbocycles. The number of carbonyl (C=O) groups excluding carboxylic acids is 2. The van der Waals surface area contributed by atoms with Crippen molar-refractivity contribution < 1.29 is 23.8 Å². The van der Waals surface area contributed by atoms with E-state index in [4.69, 9.17) is 25.8 Å². The lowest BCUT2D eigenvalue weighted by Gasteiger charge is -2.20. The second-order valence-electron chi connectivity index (χ2n) is 6.34. The normalized spacial score (nSPS) is 13.6.